The van der Waals surface area contributed by atoms with E-state index in [0.717, 1.165) is 0 Å². The Hall–Kier alpha value is -1.57. The third kappa shape index (κ3) is 1.35. The fourth-order valence-electron chi connectivity index (χ4n) is 4.40. The highest BCUT2D eigenvalue weighted by atomic mass is 15.1. The van der Waals surface area contributed by atoms with Crippen LogP contribution in [0, 0.1) is 5.41 Å². The molecule has 1 aromatic carbocycles. The van der Waals surface area contributed by atoms with Gasteiger partial charge in [0.05, 0.1) is 11.7 Å². The molecule has 1 heterocycles. The topological polar surface area (TPSA) is 28.7 Å². The lowest BCUT2D eigenvalue weighted by atomic mass is 9.69. The number of fused-ring (bicyclic) bond motifs is 5. The summed E-state index contributed by atoms with van der Waals surface area (Å²) < 4.78 is 0. The number of rotatable bonds is 1. The second kappa shape index (κ2) is 3.72. The van der Waals surface area contributed by atoms with E-state index in [-0.39, 0.29) is 0 Å². The van der Waals surface area contributed by atoms with Crippen LogP contribution in [-0.2, 0) is 6.42 Å². The van der Waals surface area contributed by atoms with Crippen LogP contribution in [0.4, 0.5) is 0 Å². The minimum atomic E-state index is 0.413. The Morgan fingerprint density at radius 1 is 1.37 bits per heavy atom. The van der Waals surface area contributed by atoms with Crippen LogP contribution in [0.3, 0.4) is 0 Å². The fraction of sp³-hybridized carbons (Fsp3) is 0.471. The van der Waals surface area contributed by atoms with Crippen molar-refractivity contribution in [3.63, 3.8) is 0 Å². The highest BCUT2D eigenvalue weighted by molar-refractivity contribution is 5.92. The zero-order valence-corrected chi connectivity index (χ0v) is 11.7. The molecule has 2 aromatic rings. The average molecular weight is 252 g/mol. The second-order valence-corrected chi connectivity index (χ2v) is 6.24. The highest BCUT2D eigenvalue weighted by Crippen LogP contribution is 2.57. The van der Waals surface area contributed by atoms with Crippen molar-refractivity contribution in [1.29, 1.82) is 0 Å². The van der Waals surface area contributed by atoms with Crippen LogP contribution >= 0.6 is 0 Å². The molecule has 98 valence electrons. The summed E-state index contributed by atoms with van der Waals surface area (Å²) >= 11 is 0. The fourth-order valence-corrected chi connectivity index (χ4v) is 4.40. The van der Waals surface area contributed by atoms with Crippen LogP contribution in [0.2, 0.25) is 0 Å². The smallest absolute Gasteiger partial charge is 0.0653 e. The van der Waals surface area contributed by atoms with Crippen molar-refractivity contribution in [1.82, 2.24) is 10.2 Å². The molecule has 2 aliphatic rings. The van der Waals surface area contributed by atoms with Crippen LogP contribution in [0.25, 0.3) is 16.5 Å². The first-order chi connectivity index (χ1) is 9.25. The molecule has 0 aliphatic heterocycles. The van der Waals surface area contributed by atoms with Crippen LogP contribution in [-0.4, -0.2) is 10.2 Å². The van der Waals surface area contributed by atoms with Gasteiger partial charge in [0.25, 0.3) is 0 Å². The first-order valence-corrected chi connectivity index (χ1v) is 7.41. The molecule has 1 N–H and O–H groups in total. The average Bonchev–Trinajstić information content (AvgIpc) is 3.00. The lowest BCUT2D eigenvalue weighted by Crippen LogP contribution is -2.23. The number of H-pyrrole nitrogens is 1. The van der Waals surface area contributed by atoms with Gasteiger partial charge < -0.3 is 0 Å². The number of hydrogen-bond donors (Lipinski definition) is 1. The molecule has 1 unspecified atom stereocenters. The molecule has 2 aliphatic carbocycles. The molecule has 19 heavy (non-hydrogen) atoms. The van der Waals surface area contributed by atoms with Gasteiger partial charge in [0.15, 0.2) is 0 Å². The molecule has 0 saturated carbocycles. The van der Waals surface area contributed by atoms with E-state index < -0.39 is 0 Å². The van der Waals surface area contributed by atoms with E-state index in [9.17, 15) is 0 Å². The number of allylic oxidation sites excluding steroid dienone is 2. The molecule has 1 atom stereocenters. The normalized spacial score (nSPS) is 25.8. The first-order valence-electron chi connectivity index (χ1n) is 7.41. The predicted octanol–water partition coefficient (Wildman–Crippen LogP) is 4.47. The maximum absolute atomic E-state index is 4.22. The van der Waals surface area contributed by atoms with Crippen LogP contribution in [0.1, 0.15) is 50.7 Å². The Labute approximate surface area is 113 Å². The van der Waals surface area contributed by atoms with Crippen molar-refractivity contribution < 1.29 is 0 Å². The Morgan fingerprint density at radius 3 is 3.11 bits per heavy atom. The van der Waals surface area contributed by atoms with Gasteiger partial charge in [-0.3, -0.25) is 5.10 Å². The number of aromatic nitrogens is 2. The van der Waals surface area contributed by atoms with Crippen molar-refractivity contribution in [3.05, 3.63) is 35.0 Å². The lowest BCUT2D eigenvalue weighted by molar-refractivity contribution is 0.340. The van der Waals surface area contributed by atoms with Crippen LogP contribution < -0.4 is 0 Å². The third-order valence-corrected chi connectivity index (χ3v) is 5.36. The highest BCUT2D eigenvalue weighted by Gasteiger charge is 2.43. The van der Waals surface area contributed by atoms with Crippen LogP contribution in [0.15, 0.2) is 23.9 Å². The first kappa shape index (κ1) is 11.3. The van der Waals surface area contributed by atoms with E-state index >= 15 is 0 Å². The Balaban J connectivity index is 2.04. The monoisotopic (exact) mass is 252 g/mol. The zero-order valence-electron chi connectivity index (χ0n) is 11.7. The van der Waals surface area contributed by atoms with Gasteiger partial charge in [0.2, 0.25) is 0 Å². The summed E-state index contributed by atoms with van der Waals surface area (Å²) in [5, 5.41) is 8.66. The second-order valence-electron chi connectivity index (χ2n) is 6.24. The van der Waals surface area contributed by atoms with E-state index in [1.807, 2.05) is 6.20 Å². The number of aromatic amines is 1. The summed E-state index contributed by atoms with van der Waals surface area (Å²) in [6.45, 7) is 4.70. The summed E-state index contributed by atoms with van der Waals surface area (Å²) in [7, 11) is 0. The number of nitrogens with zero attached hydrogens (tertiary/aromatic N) is 1. The molecule has 0 amide bonds. The Morgan fingerprint density at radius 2 is 2.26 bits per heavy atom. The summed E-state index contributed by atoms with van der Waals surface area (Å²) in [6, 6.07) is 4.51. The molecule has 0 fully saturated rings. The predicted molar refractivity (Wildman–Crippen MR) is 79.0 cm³/mol. The van der Waals surface area contributed by atoms with Crippen LogP contribution in [0.5, 0.6) is 0 Å². The summed E-state index contributed by atoms with van der Waals surface area (Å²) in [6.07, 6.45) is 8.46. The maximum Gasteiger partial charge on any atom is 0.0653 e. The molecule has 1 aromatic heterocycles. The van der Waals surface area contributed by atoms with Crippen molar-refractivity contribution >= 4 is 16.5 Å². The standard InChI is InChI=1S/C17H20N2/c1-3-17-8-4-5-11(2)16(17)12-6-7-15-14(10-18-19-15)13(12)9-17/h6-7,10H,3-5,8-9H2,1-2H3,(H,18,19). The SMILES string of the molecule is CCC12CCCC(C)=C1c1ccc3[nH]ncc3c1C2. The van der Waals surface area contributed by atoms with Gasteiger partial charge in [-0.2, -0.15) is 5.10 Å². The minimum Gasteiger partial charge on any atom is -0.278 e. The largest absolute Gasteiger partial charge is 0.278 e. The quantitative estimate of drug-likeness (QED) is 0.796. The molecule has 4 rings (SSSR count). The number of benzene rings is 1. The molecule has 2 nitrogen and oxygen atoms in total. The van der Waals surface area contributed by atoms with Gasteiger partial charge in [-0.05, 0) is 67.2 Å². The van der Waals surface area contributed by atoms with Crippen molar-refractivity contribution in [3.8, 4) is 0 Å². The Kier molecular flexibility index (Phi) is 2.21. The van der Waals surface area contributed by atoms with Crippen molar-refractivity contribution in [2.45, 2.75) is 46.0 Å². The van der Waals surface area contributed by atoms with Gasteiger partial charge in [-0.15, -0.1) is 0 Å². The van der Waals surface area contributed by atoms with Gasteiger partial charge in [0.1, 0.15) is 0 Å². The van der Waals surface area contributed by atoms with Gasteiger partial charge in [0, 0.05) is 5.39 Å². The molecular formula is C17H20N2. The molecule has 0 spiro atoms. The number of nitrogens with one attached hydrogen (secondary N) is 1. The minimum absolute atomic E-state index is 0.413. The number of hydrogen-bond acceptors (Lipinski definition) is 1. The van der Waals surface area contributed by atoms with Gasteiger partial charge in [-0.25, -0.2) is 0 Å². The van der Waals surface area contributed by atoms with Gasteiger partial charge in [-0.1, -0.05) is 18.6 Å². The van der Waals surface area contributed by atoms with E-state index in [4.69, 9.17) is 0 Å². The summed E-state index contributed by atoms with van der Waals surface area (Å²) in [5.41, 5.74) is 7.92. The van der Waals surface area contributed by atoms with Crippen molar-refractivity contribution in [2.24, 2.45) is 5.41 Å². The Bertz CT molecular complexity index is 692. The van der Waals surface area contributed by atoms with E-state index in [2.05, 4.69) is 36.2 Å². The summed E-state index contributed by atoms with van der Waals surface area (Å²) in [4.78, 5) is 0. The molecular weight excluding hydrogens is 232 g/mol. The van der Waals surface area contributed by atoms with E-state index in [1.165, 1.54) is 54.1 Å². The third-order valence-electron chi connectivity index (χ3n) is 5.36. The molecule has 2 heteroatoms. The van der Waals surface area contributed by atoms with E-state index in [1.54, 1.807) is 11.1 Å². The maximum atomic E-state index is 4.22. The zero-order chi connectivity index (χ0) is 13.0. The lowest BCUT2D eigenvalue weighted by Gasteiger charge is -2.35. The summed E-state index contributed by atoms with van der Waals surface area (Å²) in [5.74, 6) is 0. The van der Waals surface area contributed by atoms with E-state index in [0.29, 0.717) is 5.41 Å². The molecule has 0 saturated heterocycles. The molecule has 0 bridgehead atoms. The molecule has 0 radical (unpaired) electrons. The van der Waals surface area contributed by atoms with Gasteiger partial charge >= 0.3 is 0 Å². The van der Waals surface area contributed by atoms with Crippen molar-refractivity contribution in [2.75, 3.05) is 0 Å².